The molecular weight excluding hydrogens is 412 g/mol. The van der Waals surface area contributed by atoms with Gasteiger partial charge in [0.25, 0.3) is 0 Å². The quantitative estimate of drug-likeness (QED) is 0.500. The van der Waals surface area contributed by atoms with E-state index in [1.807, 2.05) is 17.8 Å². The lowest BCUT2D eigenvalue weighted by Gasteiger charge is -2.33. The third-order valence-corrected chi connectivity index (χ3v) is 7.75. The summed E-state index contributed by atoms with van der Waals surface area (Å²) in [6, 6.07) is 7.06. The molecule has 0 aromatic heterocycles. The molecule has 2 fully saturated rings. The lowest BCUT2D eigenvalue weighted by molar-refractivity contribution is -0.137. The van der Waals surface area contributed by atoms with Crippen LogP contribution in [0.2, 0.25) is 5.02 Å². The normalized spacial score (nSPS) is 30.2. The van der Waals surface area contributed by atoms with Crippen LogP contribution in [0.25, 0.3) is 0 Å². The van der Waals surface area contributed by atoms with Crippen LogP contribution in [0, 0.1) is 11.8 Å². The van der Waals surface area contributed by atoms with E-state index in [1.165, 1.54) is 0 Å². The van der Waals surface area contributed by atoms with Crippen molar-refractivity contribution in [3.05, 3.63) is 41.4 Å². The van der Waals surface area contributed by atoms with Crippen LogP contribution in [-0.4, -0.2) is 50.6 Å². The Bertz CT molecular complexity index is 712. The van der Waals surface area contributed by atoms with Crippen molar-refractivity contribution in [2.75, 3.05) is 6.61 Å². The number of aliphatic carboxylic acids is 1. The van der Waals surface area contributed by atoms with Crippen molar-refractivity contribution in [1.29, 1.82) is 0 Å². The van der Waals surface area contributed by atoms with Crippen LogP contribution >= 0.6 is 23.4 Å². The van der Waals surface area contributed by atoms with Gasteiger partial charge in [-0.3, -0.25) is 4.79 Å². The van der Waals surface area contributed by atoms with E-state index in [2.05, 4.69) is 0 Å². The van der Waals surface area contributed by atoms with E-state index >= 15 is 0 Å². The van der Waals surface area contributed by atoms with Gasteiger partial charge in [0.2, 0.25) is 0 Å². The van der Waals surface area contributed by atoms with Crippen LogP contribution in [0.5, 0.6) is 5.75 Å². The second-order valence-corrected chi connectivity index (χ2v) is 9.91. The summed E-state index contributed by atoms with van der Waals surface area (Å²) in [5, 5.41) is 31.0. The molecule has 1 aromatic rings. The van der Waals surface area contributed by atoms with Crippen molar-refractivity contribution in [2.24, 2.45) is 11.8 Å². The molecule has 0 amide bonds. The van der Waals surface area contributed by atoms with E-state index in [1.54, 1.807) is 30.3 Å². The second kappa shape index (κ2) is 10.7. The maximum absolute atomic E-state index is 10.7. The second-order valence-electron chi connectivity index (χ2n) is 7.92. The van der Waals surface area contributed by atoms with Crippen LogP contribution in [0.1, 0.15) is 38.5 Å². The van der Waals surface area contributed by atoms with E-state index in [0.29, 0.717) is 27.2 Å². The predicted octanol–water partition coefficient (Wildman–Crippen LogP) is 4.15. The molecule has 29 heavy (non-hydrogen) atoms. The third kappa shape index (κ3) is 6.64. The summed E-state index contributed by atoms with van der Waals surface area (Å²) in [6.45, 7) is 0.133. The van der Waals surface area contributed by atoms with Gasteiger partial charge in [-0.25, -0.2) is 0 Å². The number of aliphatic hydroxyl groups is 2. The van der Waals surface area contributed by atoms with Gasteiger partial charge in [-0.15, -0.1) is 0 Å². The summed E-state index contributed by atoms with van der Waals surface area (Å²) in [7, 11) is 0. The number of aliphatic hydroxyl groups excluding tert-OH is 2. The minimum atomic E-state index is -0.750. The minimum Gasteiger partial charge on any atom is -0.491 e. The summed E-state index contributed by atoms with van der Waals surface area (Å²) in [5.41, 5.74) is 0. The standard InChI is InChI=1S/C22H29ClO5S/c23-14-3-1-4-16(11-14)28-13-15(24)7-9-18-19-10-8-17(5-2-6-22(26)27)29-21(19)12-20(18)25/h1,3-4,7,9,11,15,17-21,24-25H,2,5-6,8,10,12-13H2,(H,26,27)/t15-,17+,18-,19-,20-,21+/m1/s1. The Morgan fingerprint density at radius 1 is 1.38 bits per heavy atom. The van der Waals surface area contributed by atoms with Crippen molar-refractivity contribution >= 4 is 29.3 Å². The Morgan fingerprint density at radius 2 is 2.21 bits per heavy atom. The van der Waals surface area contributed by atoms with Crippen molar-refractivity contribution in [2.45, 2.75) is 61.2 Å². The molecule has 0 spiro atoms. The first-order valence-corrected chi connectivity index (χ1v) is 11.5. The van der Waals surface area contributed by atoms with Crippen LogP contribution in [0.3, 0.4) is 0 Å². The first-order chi connectivity index (χ1) is 13.9. The van der Waals surface area contributed by atoms with Gasteiger partial charge in [0, 0.05) is 27.9 Å². The van der Waals surface area contributed by atoms with Gasteiger partial charge in [-0.05, 0) is 56.2 Å². The van der Waals surface area contributed by atoms with Crippen molar-refractivity contribution in [3.8, 4) is 5.75 Å². The van der Waals surface area contributed by atoms with Gasteiger partial charge in [-0.2, -0.15) is 11.8 Å². The fraction of sp³-hybridized carbons (Fsp3) is 0.591. The van der Waals surface area contributed by atoms with Gasteiger partial charge in [0.15, 0.2) is 0 Å². The Kier molecular flexibility index (Phi) is 8.30. The molecule has 1 aliphatic heterocycles. The summed E-state index contributed by atoms with van der Waals surface area (Å²) >= 11 is 7.85. The number of benzene rings is 1. The molecule has 0 radical (unpaired) electrons. The maximum Gasteiger partial charge on any atom is 0.303 e. The maximum atomic E-state index is 10.7. The molecule has 1 saturated heterocycles. The van der Waals surface area contributed by atoms with Gasteiger partial charge < -0.3 is 20.1 Å². The molecule has 5 nitrogen and oxygen atoms in total. The number of hydrogen-bond acceptors (Lipinski definition) is 5. The van der Waals surface area contributed by atoms with Crippen LogP contribution in [0.15, 0.2) is 36.4 Å². The number of carboxylic acid groups (broad SMARTS) is 1. The molecule has 1 aromatic carbocycles. The van der Waals surface area contributed by atoms with Crippen LogP contribution in [-0.2, 0) is 4.79 Å². The molecule has 1 aliphatic carbocycles. The first-order valence-electron chi connectivity index (χ1n) is 10.2. The third-order valence-electron chi connectivity index (χ3n) is 5.77. The largest absolute Gasteiger partial charge is 0.491 e. The molecule has 1 saturated carbocycles. The number of thioether (sulfide) groups is 1. The van der Waals surface area contributed by atoms with Gasteiger partial charge >= 0.3 is 5.97 Å². The van der Waals surface area contributed by atoms with Crippen molar-refractivity contribution in [1.82, 2.24) is 0 Å². The number of halogens is 1. The Balaban J connectivity index is 1.46. The number of carbonyl (C=O) groups is 1. The van der Waals surface area contributed by atoms with Gasteiger partial charge in [-0.1, -0.05) is 29.8 Å². The van der Waals surface area contributed by atoms with E-state index in [-0.39, 0.29) is 18.9 Å². The van der Waals surface area contributed by atoms with Gasteiger partial charge in [0.05, 0.1) is 6.10 Å². The molecule has 6 atom stereocenters. The Hall–Kier alpha value is -1.21. The highest BCUT2D eigenvalue weighted by atomic mass is 35.5. The summed E-state index contributed by atoms with van der Waals surface area (Å²) in [4.78, 5) is 10.7. The van der Waals surface area contributed by atoms with E-state index in [4.69, 9.17) is 21.4 Å². The summed E-state index contributed by atoms with van der Waals surface area (Å²) in [6.07, 6.45) is 7.26. The topological polar surface area (TPSA) is 87.0 Å². The Labute approximate surface area is 181 Å². The van der Waals surface area contributed by atoms with E-state index in [9.17, 15) is 15.0 Å². The molecule has 3 rings (SSSR count). The minimum absolute atomic E-state index is 0.0493. The number of carboxylic acids is 1. The number of rotatable bonds is 9. The van der Waals surface area contributed by atoms with E-state index < -0.39 is 18.2 Å². The lowest BCUT2D eigenvalue weighted by atomic mass is 9.88. The molecule has 3 N–H and O–H groups in total. The molecule has 0 unspecified atom stereocenters. The highest BCUT2D eigenvalue weighted by molar-refractivity contribution is 8.00. The number of hydrogen-bond donors (Lipinski definition) is 3. The summed E-state index contributed by atoms with van der Waals surface area (Å²) < 4.78 is 5.57. The average molecular weight is 441 g/mol. The summed E-state index contributed by atoms with van der Waals surface area (Å²) in [5.74, 6) is 0.336. The van der Waals surface area contributed by atoms with E-state index in [0.717, 1.165) is 32.1 Å². The first kappa shape index (κ1) is 22.5. The van der Waals surface area contributed by atoms with Crippen LogP contribution < -0.4 is 4.74 Å². The monoisotopic (exact) mass is 440 g/mol. The SMILES string of the molecule is O=C(O)CCC[C@H]1CC[C@@H]2[C@@H](C=C[C@@H](O)COc3cccc(Cl)c3)[C@H](O)C[C@@H]2S1. The smallest absolute Gasteiger partial charge is 0.303 e. The molecule has 1 heterocycles. The van der Waals surface area contributed by atoms with Crippen molar-refractivity contribution in [3.63, 3.8) is 0 Å². The predicted molar refractivity (Wildman–Crippen MR) is 116 cm³/mol. The zero-order valence-corrected chi connectivity index (χ0v) is 17.9. The van der Waals surface area contributed by atoms with Gasteiger partial charge in [0.1, 0.15) is 18.5 Å². The van der Waals surface area contributed by atoms with Crippen molar-refractivity contribution < 1.29 is 24.9 Å². The molecule has 7 heteroatoms. The molecule has 160 valence electrons. The number of ether oxygens (including phenoxy) is 1. The fourth-order valence-corrected chi connectivity index (χ4v) is 6.42. The zero-order chi connectivity index (χ0) is 20.8. The number of fused-ring (bicyclic) bond motifs is 1. The highest BCUT2D eigenvalue weighted by Gasteiger charge is 2.44. The Morgan fingerprint density at radius 3 is 2.97 bits per heavy atom. The highest BCUT2D eigenvalue weighted by Crippen LogP contribution is 2.49. The molecular formula is C22H29ClO5S. The fourth-order valence-electron chi connectivity index (χ4n) is 4.35. The van der Waals surface area contributed by atoms with Crippen LogP contribution in [0.4, 0.5) is 0 Å². The lowest BCUT2D eigenvalue weighted by Crippen LogP contribution is -2.27. The molecule has 0 bridgehead atoms. The molecule has 2 aliphatic rings. The average Bonchev–Trinajstić information content (AvgIpc) is 2.99. The zero-order valence-electron chi connectivity index (χ0n) is 16.3.